The second-order valence-corrected chi connectivity index (χ2v) is 5.47. The van der Waals surface area contributed by atoms with Crippen molar-refractivity contribution in [3.63, 3.8) is 0 Å². The monoisotopic (exact) mass is 291 g/mol. The molecule has 0 saturated carbocycles. The quantitative estimate of drug-likeness (QED) is 0.514. The summed E-state index contributed by atoms with van der Waals surface area (Å²) in [6, 6.07) is 4.12. The highest BCUT2D eigenvalue weighted by atomic mass is 32.1. The summed E-state index contributed by atoms with van der Waals surface area (Å²) in [5.41, 5.74) is 6.24. The highest BCUT2D eigenvalue weighted by Crippen LogP contribution is 2.24. The zero-order chi connectivity index (χ0) is 14.7. The van der Waals surface area contributed by atoms with Crippen molar-refractivity contribution in [2.75, 3.05) is 0 Å². The largest absolute Gasteiger partial charge is 0.487 e. The van der Waals surface area contributed by atoms with Gasteiger partial charge in [-0.05, 0) is 43.5 Å². The molecule has 6 heteroatoms. The molecule has 1 aromatic carbocycles. The van der Waals surface area contributed by atoms with Crippen molar-refractivity contribution in [2.24, 2.45) is 5.84 Å². The molecular formula is C14H17N3O2S. The summed E-state index contributed by atoms with van der Waals surface area (Å²) in [5.74, 6) is 5.53. The van der Waals surface area contributed by atoms with Gasteiger partial charge in [-0.2, -0.15) is 0 Å². The Bertz CT molecular complexity index is 637. The van der Waals surface area contributed by atoms with Gasteiger partial charge in [0.25, 0.3) is 5.91 Å². The van der Waals surface area contributed by atoms with Crippen molar-refractivity contribution in [2.45, 2.75) is 27.4 Å². The lowest BCUT2D eigenvalue weighted by atomic mass is 10.1. The Hall–Kier alpha value is -1.92. The maximum Gasteiger partial charge on any atom is 0.294 e. The van der Waals surface area contributed by atoms with E-state index in [2.05, 4.69) is 23.4 Å². The van der Waals surface area contributed by atoms with Crippen LogP contribution in [0.25, 0.3) is 0 Å². The minimum Gasteiger partial charge on any atom is -0.487 e. The van der Waals surface area contributed by atoms with Crippen LogP contribution in [0.2, 0.25) is 0 Å². The van der Waals surface area contributed by atoms with Gasteiger partial charge in [-0.1, -0.05) is 6.07 Å². The molecular weight excluding hydrogens is 274 g/mol. The van der Waals surface area contributed by atoms with Crippen LogP contribution in [0.5, 0.6) is 5.75 Å². The molecule has 2 rings (SSSR count). The molecule has 0 saturated heterocycles. The maximum absolute atomic E-state index is 11.3. The van der Waals surface area contributed by atoms with E-state index >= 15 is 0 Å². The molecule has 1 amide bonds. The smallest absolute Gasteiger partial charge is 0.294 e. The molecule has 5 nitrogen and oxygen atoms in total. The molecule has 0 aliphatic carbocycles. The number of ether oxygens (including phenoxy) is 1. The summed E-state index contributed by atoms with van der Waals surface area (Å²) in [6.07, 6.45) is 0. The third-order valence-electron chi connectivity index (χ3n) is 3.02. The number of hydrazine groups is 1. The van der Waals surface area contributed by atoms with E-state index in [0.717, 1.165) is 16.9 Å². The first-order valence-electron chi connectivity index (χ1n) is 6.17. The molecule has 0 bridgehead atoms. The predicted octanol–water partition coefficient (Wildman–Crippen LogP) is 2.25. The molecule has 0 unspecified atom stereocenters. The summed E-state index contributed by atoms with van der Waals surface area (Å²) in [6.45, 7) is 6.45. The van der Waals surface area contributed by atoms with Gasteiger partial charge >= 0.3 is 0 Å². The minimum absolute atomic E-state index is 0.331. The fourth-order valence-electron chi connectivity index (χ4n) is 1.84. The predicted molar refractivity (Wildman–Crippen MR) is 78.8 cm³/mol. The van der Waals surface area contributed by atoms with E-state index in [1.165, 1.54) is 16.9 Å². The molecule has 20 heavy (non-hydrogen) atoms. The third kappa shape index (κ3) is 3.15. The van der Waals surface area contributed by atoms with Gasteiger partial charge in [0.15, 0.2) is 5.01 Å². The van der Waals surface area contributed by atoms with Crippen LogP contribution in [0, 0.1) is 20.8 Å². The number of carbonyl (C=O) groups is 1. The van der Waals surface area contributed by atoms with Crippen LogP contribution in [0.3, 0.4) is 0 Å². The van der Waals surface area contributed by atoms with Crippen molar-refractivity contribution < 1.29 is 9.53 Å². The Morgan fingerprint density at radius 1 is 1.40 bits per heavy atom. The fraction of sp³-hybridized carbons (Fsp3) is 0.286. The number of aromatic nitrogens is 1. The average Bonchev–Trinajstić information content (AvgIpc) is 2.89. The zero-order valence-electron chi connectivity index (χ0n) is 11.7. The molecule has 1 aromatic heterocycles. The number of benzene rings is 1. The van der Waals surface area contributed by atoms with Crippen molar-refractivity contribution in [3.05, 3.63) is 44.9 Å². The lowest BCUT2D eigenvalue weighted by Gasteiger charge is -2.11. The molecule has 0 radical (unpaired) electrons. The Kier molecular flexibility index (Phi) is 4.36. The number of thiazole rings is 1. The van der Waals surface area contributed by atoms with Crippen molar-refractivity contribution in [1.82, 2.24) is 10.4 Å². The number of nitrogens with zero attached hydrogens (tertiary/aromatic N) is 1. The van der Waals surface area contributed by atoms with Crippen LogP contribution >= 0.6 is 11.3 Å². The lowest BCUT2D eigenvalue weighted by Crippen LogP contribution is -2.29. The summed E-state index contributed by atoms with van der Waals surface area (Å²) < 4.78 is 5.79. The first-order valence-corrected chi connectivity index (χ1v) is 7.05. The number of nitrogens with two attached hydrogens (primary N) is 1. The number of nitrogen functional groups attached to an aromatic ring is 1. The standard InChI is InChI=1S/C14H17N3O2S/c1-8-4-9(2)10(3)12(5-8)19-6-11-7-20-14(16-11)13(18)17-15/h4-5,7H,6,15H2,1-3H3,(H,17,18). The molecule has 2 aromatic rings. The van der Waals surface area contributed by atoms with Crippen LogP contribution in [-0.2, 0) is 6.61 Å². The highest BCUT2D eigenvalue weighted by molar-refractivity contribution is 7.11. The van der Waals surface area contributed by atoms with Gasteiger partial charge in [-0.15, -0.1) is 11.3 Å². The van der Waals surface area contributed by atoms with E-state index in [0.29, 0.717) is 17.3 Å². The zero-order valence-corrected chi connectivity index (χ0v) is 12.5. The van der Waals surface area contributed by atoms with Crippen molar-refractivity contribution in [3.8, 4) is 5.75 Å². The number of nitrogens with one attached hydrogen (secondary N) is 1. The summed E-state index contributed by atoms with van der Waals surface area (Å²) >= 11 is 1.24. The third-order valence-corrected chi connectivity index (χ3v) is 3.91. The molecule has 0 spiro atoms. The van der Waals surface area contributed by atoms with Crippen LogP contribution in [-0.4, -0.2) is 10.9 Å². The van der Waals surface area contributed by atoms with Gasteiger partial charge in [0, 0.05) is 5.38 Å². The average molecular weight is 291 g/mol. The molecule has 0 aliphatic rings. The lowest BCUT2D eigenvalue weighted by molar-refractivity contribution is 0.0953. The number of rotatable bonds is 4. The van der Waals surface area contributed by atoms with Crippen molar-refractivity contribution >= 4 is 17.2 Å². The number of amides is 1. The summed E-state index contributed by atoms with van der Waals surface area (Å²) in [7, 11) is 0. The van der Waals surface area contributed by atoms with Gasteiger partial charge in [0.05, 0.1) is 5.69 Å². The number of aryl methyl sites for hydroxylation is 2. The normalized spacial score (nSPS) is 10.4. The van der Waals surface area contributed by atoms with Crippen molar-refractivity contribution in [1.29, 1.82) is 0 Å². The minimum atomic E-state index is -0.385. The van der Waals surface area contributed by atoms with E-state index in [4.69, 9.17) is 10.6 Å². The summed E-state index contributed by atoms with van der Waals surface area (Å²) in [5, 5.41) is 2.13. The molecule has 0 aliphatic heterocycles. The molecule has 1 heterocycles. The molecule has 0 fully saturated rings. The first kappa shape index (κ1) is 14.5. The van der Waals surface area contributed by atoms with E-state index in [1.807, 2.05) is 19.9 Å². The Morgan fingerprint density at radius 2 is 2.15 bits per heavy atom. The SMILES string of the molecule is Cc1cc(C)c(C)c(OCc2csc(C(=O)NN)n2)c1. The van der Waals surface area contributed by atoms with Crippen LogP contribution in [0.15, 0.2) is 17.5 Å². The van der Waals surface area contributed by atoms with Gasteiger partial charge < -0.3 is 4.74 Å². The second kappa shape index (κ2) is 6.02. The van der Waals surface area contributed by atoms with E-state index in [1.54, 1.807) is 5.38 Å². The van der Waals surface area contributed by atoms with Gasteiger partial charge in [-0.3, -0.25) is 10.2 Å². The van der Waals surface area contributed by atoms with Crippen LogP contribution in [0.4, 0.5) is 0 Å². The second-order valence-electron chi connectivity index (χ2n) is 4.61. The van der Waals surface area contributed by atoms with Crippen LogP contribution < -0.4 is 16.0 Å². The van der Waals surface area contributed by atoms with E-state index < -0.39 is 0 Å². The molecule has 3 N–H and O–H groups in total. The van der Waals surface area contributed by atoms with Gasteiger partial charge in [-0.25, -0.2) is 10.8 Å². The summed E-state index contributed by atoms with van der Waals surface area (Å²) in [4.78, 5) is 15.5. The van der Waals surface area contributed by atoms with Crippen LogP contribution in [0.1, 0.15) is 32.2 Å². The Labute approximate surface area is 121 Å². The number of hydrogen-bond donors (Lipinski definition) is 2. The topological polar surface area (TPSA) is 77.2 Å². The Morgan fingerprint density at radius 3 is 2.85 bits per heavy atom. The van der Waals surface area contributed by atoms with Gasteiger partial charge in [0.1, 0.15) is 12.4 Å². The molecule has 106 valence electrons. The maximum atomic E-state index is 11.3. The number of hydrogen-bond acceptors (Lipinski definition) is 5. The first-order chi connectivity index (χ1) is 9.51. The van der Waals surface area contributed by atoms with Gasteiger partial charge in [0.2, 0.25) is 0 Å². The number of carbonyl (C=O) groups excluding carboxylic acids is 1. The fourth-order valence-corrected chi connectivity index (χ4v) is 2.55. The van der Waals surface area contributed by atoms with E-state index in [-0.39, 0.29) is 5.91 Å². The molecule has 0 atom stereocenters. The highest BCUT2D eigenvalue weighted by Gasteiger charge is 2.10. The Balaban J connectivity index is 2.09. The van der Waals surface area contributed by atoms with E-state index in [9.17, 15) is 4.79 Å².